The number of hydrogen-bond donors (Lipinski definition) is 1. The summed E-state index contributed by atoms with van der Waals surface area (Å²) < 4.78 is 5.79. The fourth-order valence-electron chi connectivity index (χ4n) is 2.16. The molecule has 0 aromatic carbocycles. The average molecular weight is 264 g/mol. The summed E-state index contributed by atoms with van der Waals surface area (Å²) in [6, 6.07) is 2.03. The maximum Gasteiger partial charge on any atom is 0.134 e. The van der Waals surface area contributed by atoms with Gasteiger partial charge in [-0.2, -0.15) is 0 Å². The summed E-state index contributed by atoms with van der Waals surface area (Å²) in [5, 5.41) is 3.30. The highest BCUT2D eigenvalue weighted by atomic mass is 16.5. The zero-order chi connectivity index (χ0) is 13.7. The monoisotopic (exact) mass is 264 g/mol. The molecule has 19 heavy (non-hydrogen) atoms. The van der Waals surface area contributed by atoms with Crippen molar-refractivity contribution in [1.82, 2.24) is 9.97 Å². The van der Waals surface area contributed by atoms with Crippen LogP contribution in [0.15, 0.2) is 12.4 Å². The van der Waals surface area contributed by atoms with E-state index in [1.165, 1.54) is 0 Å². The topological polar surface area (TPSA) is 50.3 Å². The Bertz CT molecular complexity index is 397. The zero-order valence-electron chi connectivity index (χ0n) is 12.1. The molecule has 5 nitrogen and oxygen atoms in total. The third-order valence-corrected chi connectivity index (χ3v) is 3.37. The smallest absolute Gasteiger partial charge is 0.134 e. The molecule has 0 amide bonds. The minimum atomic E-state index is 0.288. The Kier molecular flexibility index (Phi) is 4.96. The summed E-state index contributed by atoms with van der Waals surface area (Å²) in [5.41, 5.74) is 0. The van der Waals surface area contributed by atoms with Gasteiger partial charge in [0.05, 0.1) is 12.7 Å². The molecule has 0 saturated carbocycles. The summed E-state index contributed by atoms with van der Waals surface area (Å²) in [7, 11) is 0. The van der Waals surface area contributed by atoms with Crippen molar-refractivity contribution in [1.29, 1.82) is 0 Å². The lowest BCUT2D eigenvalue weighted by atomic mass is 10.1. The minimum Gasteiger partial charge on any atom is -0.374 e. The Hall–Kier alpha value is -1.36. The predicted molar refractivity (Wildman–Crippen MR) is 77.6 cm³/mol. The number of rotatable bonds is 5. The Morgan fingerprint density at radius 2 is 2.32 bits per heavy atom. The second kappa shape index (κ2) is 6.70. The summed E-state index contributed by atoms with van der Waals surface area (Å²) in [4.78, 5) is 10.9. The number of aromatic nitrogens is 2. The highest BCUT2D eigenvalue weighted by Crippen LogP contribution is 2.20. The molecule has 0 radical (unpaired) electrons. The highest BCUT2D eigenvalue weighted by molar-refractivity contribution is 5.48. The fraction of sp³-hybridized carbons (Fsp3) is 0.714. The van der Waals surface area contributed by atoms with Crippen LogP contribution < -0.4 is 10.2 Å². The van der Waals surface area contributed by atoms with E-state index < -0.39 is 0 Å². The van der Waals surface area contributed by atoms with Crippen molar-refractivity contribution in [3.8, 4) is 0 Å². The minimum absolute atomic E-state index is 0.288. The second-order valence-corrected chi connectivity index (χ2v) is 5.29. The van der Waals surface area contributed by atoms with Crippen LogP contribution in [0.4, 0.5) is 11.6 Å². The molecule has 1 aromatic heterocycles. The van der Waals surface area contributed by atoms with Crippen molar-refractivity contribution in [2.45, 2.75) is 33.3 Å². The Morgan fingerprint density at radius 3 is 3.05 bits per heavy atom. The van der Waals surface area contributed by atoms with Crippen molar-refractivity contribution in [2.75, 3.05) is 36.5 Å². The molecule has 1 atom stereocenters. The van der Waals surface area contributed by atoms with Crippen LogP contribution in [-0.4, -0.2) is 42.3 Å². The number of nitrogens with zero attached hydrogens (tertiary/aromatic N) is 3. The number of nitrogens with one attached hydrogen (secondary N) is 1. The van der Waals surface area contributed by atoms with Crippen LogP contribution in [0.2, 0.25) is 0 Å². The molecule has 0 aliphatic carbocycles. The van der Waals surface area contributed by atoms with Gasteiger partial charge in [0.25, 0.3) is 0 Å². The van der Waals surface area contributed by atoms with Gasteiger partial charge in [-0.1, -0.05) is 20.8 Å². The van der Waals surface area contributed by atoms with Gasteiger partial charge in [-0.25, -0.2) is 9.97 Å². The summed E-state index contributed by atoms with van der Waals surface area (Å²) in [6.45, 7) is 10.0. The molecule has 1 aromatic rings. The lowest BCUT2D eigenvalue weighted by Gasteiger charge is -2.35. The molecule has 106 valence electrons. The molecule has 1 fully saturated rings. The fourth-order valence-corrected chi connectivity index (χ4v) is 2.16. The van der Waals surface area contributed by atoms with Crippen LogP contribution in [0.5, 0.6) is 0 Å². The van der Waals surface area contributed by atoms with E-state index in [0.717, 1.165) is 44.3 Å². The van der Waals surface area contributed by atoms with Crippen LogP contribution in [0, 0.1) is 5.92 Å². The molecule has 2 heterocycles. The van der Waals surface area contributed by atoms with E-state index in [0.29, 0.717) is 5.92 Å². The van der Waals surface area contributed by atoms with Crippen molar-refractivity contribution < 1.29 is 4.74 Å². The van der Waals surface area contributed by atoms with Crippen molar-refractivity contribution in [2.24, 2.45) is 5.92 Å². The summed E-state index contributed by atoms with van der Waals surface area (Å²) >= 11 is 0. The lowest BCUT2D eigenvalue weighted by molar-refractivity contribution is 0.0112. The van der Waals surface area contributed by atoms with Crippen LogP contribution in [0.1, 0.15) is 27.2 Å². The van der Waals surface area contributed by atoms with Crippen molar-refractivity contribution in [3.63, 3.8) is 0 Å². The Balaban J connectivity index is 2.04. The first-order valence-corrected chi connectivity index (χ1v) is 7.13. The van der Waals surface area contributed by atoms with Gasteiger partial charge in [0.2, 0.25) is 0 Å². The predicted octanol–water partition coefficient (Wildman–Crippen LogP) is 2.16. The summed E-state index contributed by atoms with van der Waals surface area (Å²) in [5.74, 6) is 2.42. The first-order chi connectivity index (χ1) is 9.20. The molecule has 2 rings (SSSR count). The van der Waals surface area contributed by atoms with Gasteiger partial charge < -0.3 is 15.0 Å². The summed E-state index contributed by atoms with van der Waals surface area (Å²) in [6.07, 6.45) is 3.01. The number of anilines is 2. The molecule has 1 aliphatic heterocycles. The number of hydrogen-bond acceptors (Lipinski definition) is 5. The van der Waals surface area contributed by atoms with Crippen LogP contribution >= 0.6 is 0 Å². The van der Waals surface area contributed by atoms with Gasteiger partial charge >= 0.3 is 0 Å². The van der Waals surface area contributed by atoms with E-state index in [1.807, 2.05) is 6.07 Å². The molecule has 1 N–H and O–H groups in total. The van der Waals surface area contributed by atoms with Gasteiger partial charge in [0.1, 0.15) is 18.0 Å². The molecule has 1 saturated heterocycles. The van der Waals surface area contributed by atoms with Gasteiger partial charge in [0, 0.05) is 25.7 Å². The van der Waals surface area contributed by atoms with Crippen LogP contribution in [0.3, 0.4) is 0 Å². The van der Waals surface area contributed by atoms with Crippen molar-refractivity contribution >= 4 is 11.6 Å². The van der Waals surface area contributed by atoms with Crippen molar-refractivity contribution in [3.05, 3.63) is 12.4 Å². The second-order valence-electron chi connectivity index (χ2n) is 5.29. The van der Waals surface area contributed by atoms with E-state index in [1.54, 1.807) is 6.33 Å². The molecular weight excluding hydrogens is 240 g/mol. The van der Waals surface area contributed by atoms with Crippen LogP contribution in [-0.2, 0) is 4.74 Å². The lowest BCUT2D eigenvalue weighted by Crippen LogP contribution is -2.45. The largest absolute Gasteiger partial charge is 0.374 e. The maximum atomic E-state index is 5.79. The molecule has 0 bridgehead atoms. The third-order valence-electron chi connectivity index (χ3n) is 3.37. The quantitative estimate of drug-likeness (QED) is 0.883. The van der Waals surface area contributed by atoms with Gasteiger partial charge in [-0.3, -0.25) is 0 Å². The van der Waals surface area contributed by atoms with E-state index in [-0.39, 0.29) is 6.10 Å². The van der Waals surface area contributed by atoms with E-state index in [2.05, 4.69) is 41.0 Å². The number of ether oxygens (including phenoxy) is 1. The van der Waals surface area contributed by atoms with Gasteiger partial charge in [-0.15, -0.1) is 0 Å². The van der Waals surface area contributed by atoms with Crippen LogP contribution in [0.25, 0.3) is 0 Å². The Labute approximate surface area is 115 Å². The normalized spacial score (nSPS) is 19.8. The molecular formula is C14H24N4O. The number of morpholine rings is 1. The van der Waals surface area contributed by atoms with Gasteiger partial charge in [-0.05, 0) is 12.3 Å². The molecule has 0 spiro atoms. The van der Waals surface area contributed by atoms with Gasteiger partial charge in [0.15, 0.2) is 0 Å². The SMILES string of the molecule is CCCNc1cc(N2CCOC(C(C)C)C2)ncn1. The molecule has 1 aliphatic rings. The van der Waals surface area contributed by atoms with E-state index in [4.69, 9.17) is 4.74 Å². The zero-order valence-corrected chi connectivity index (χ0v) is 12.1. The third kappa shape index (κ3) is 3.80. The van der Waals surface area contributed by atoms with E-state index >= 15 is 0 Å². The first-order valence-electron chi connectivity index (χ1n) is 7.13. The maximum absolute atomic E-state index is 5.79. The first kappa shape index (κ1) is 14.1. The molecule has 1 unspecified atom stereocenters. The van der Waals surface area contributed by atoms with E-state index in [9.17, 15) is 0 Å². The average Bonchev–Trinajstić information content (AvgIpc) is 2.45. The standard InChI is InChI=1S/C14H24N4O/c1-4-5-15-13-8-14(17-10-16-13)18-6-7-19-12(9-18)11(2)3/h8,10-12H,4-7,9H2,1-3H3,(H,15,16,17). The molecule has 5 heteroatoms. The highest BCUT2D eigenvalue weighted by Gasteiger charge is 2.24. The Morgan fingerprint density at radius 1 is 1.47 bits per heavy atom.